The van der Waals surface area contributed by atoms with Gasteiger partial charge in [0.15, 0.2) is 0 Å². The summed E-state index contributed by atoms with van der Waals surface area (Å²) in [5, 5.41) is 2.70. The number of hydrogen-bond acceptors (Lipinski definition) is 4. The average Bonchev–Trinajstić information content (AvgIpc) is 2.19. The van der Waals surface area contributed by atoms with Crippen molar-refractivity contribution in [3.05, 3.63) is 28.0 Å². The largest absolute Gasteiger partial charge is 0.350 e. The first-order chi connectivity index (χ1) is 7.79. The monoisotopic (exact) mass is 296 g/mol. The summed E-state index contributed by atoms with van der Waals surface area (Å²) in [6.45, 7) is 0.00217. The van der Waals surface area contributed by atoms with Crippen molar-refractivity contribution in [3.63, 3.8) is 0 Å². The Morgan fingerprint density at radius 2 is 2.06 bits per heavy atom. The topological polar surface area (TPSA) is 76.1 Å². The molecular formula is C9H10Cl2N2O3S. The Balaban J connectivity index is 2.67. The first-order valence-electron chi connectivity index (χ1n) is 4.57. The third kappa shape index (κ3) is 4.89. The van der Waals surface area contributed by atoms with Crippen LogP contribution in [0.15, 0.2) is 12.1 Å². The van der Waals surface area contributed by atoms with Crippen molar-refractivity contribution in [2.75, 3.05) is 18.6 Å². The number of pyridine rings is 1. The molecule has 0 aliphatic rings. The minimum absolute atomic E-state index is 0.00217. The number of carbonyl (C=O) groups excluding carboxylic acids is 1. The molecule has 1 aromatic rings. The van der Waals surface area contributed by atoms with Crippen LogP contribution in [0.1, 0.15) is 10.5 Å². The fourth-order valence-electron chi connectivity index (χ4n) is 1.01. The number of nitrogens with one attached hydrogen (secondary N) is 1. The number of carbonyl (C=O) groups is 1. The Hall–Kier alpha value is -0.850. The Morgan fingerprint density at radius 1 is 1.41 bits per heavy atom. The van der Waals surface area contributed by atoms with Gasteiger partial charge < -0.3 is 5.32 Å². The summed E-state index contributed by atoms with van der Waals surface area (Å²) >= 11 is 11.4. The molecule has 94 valence electrons. The van der Waals surface area contributed by atoms with Crippen LogP contribution in [0.2, 0.25) is 10.2 Å². The van der Waals surface area contributed by atoms with Crippen LogP contribution in [0.4, 0.5) is 0 Å². The van der Waals surface area contributed by atoms with Crippen LogP contribution in [0.3, 0.4) is 0 Å². The van der Waals surface area contributed by atoms with E-state index in [1.165, 1.54) is 12.1 Å². The maximum Gasteiger partial charge on any atom is 0.271 e. The van der Waals surface area contributed by atoms with Crippen LogP contribution >= 0.6 is 23.2 Å². The number of aromatic nitrogens is 1. The minimum atomic E-state index is -3.11. The summed E-state index contributed by atoms with van der Waals surface area (Å²) < 4.78 is 21.7. The van der Waals surface area contributed by atoms with Crippen LogP contribution in [-0.4, -0.2) is 37.9 Å². The third-order valence-corrected chi connectivity index (χ3v) is 3.25. The Morgan fingerprint density at radius 3 is 2.65 bits per heavy atom. The molecule has 1 aromatic heterocycles. The van der Waals surface area contributed by atoms with E-state index >= 15 is 0 Å². The zero-order valence-electron chi connectivity index (χ0n) is 8.91. The highest BCUT2D eigenvalue weighted by molar-refractivity contribution is 7.90. The molecule has 0 fully saturated rings. The van der Waals surface area contributed by atoms with Crippen molar-refractivity contribution < 1.29 is 13.2 Å². The number of nitrogens with zero attached hydrogens (tertiary/aromatic N) is 1. The van der Waals surface area contributed by atoms with Gasteiger partial charge in [-0.3, -0.25) is 4.79 Å². The maximum atomic E-state index is 11.6. The Labute approximate surface area is 109 Å². The van der Waals surface area contributed by atoms with Crippen LogP contribution in [-0.2, 0) is 9.84 Å². The van der Waals surface area contributed by atoms with Gasteiger partial charge in [-0.1, -0.05) is 23.2 Å². The van der Waals surface area contributed by atoms with E-state index in [0.717, 1.165) is 6.26 Å². The molecular weight excluding hydrogens is 287 g/mol. The number of halogens is 2. The third-order valence-electron chi connectivity index (χ3n) is 1.79. The Kier molecular flexibility index (Phi) is 4.73. The van der Waals surface area contributed by atoms with Crippen molar-refractivity contribution in [3.8, 4) is 0 Å². The summed E-state index contributed by atoms with van der Waals surface area (Å²) in [7, 11) is -3.11. The van der Waals surface area contributed by atoms with Gasteiger partial charge in [0, 0.05) is 12.8 Å². The molecule has 0 atom stereocenters. The molecule has 0 aliphatic carbocycles. The highest BCUT2D eigenvalue weighted by Gasteiger charge is 2.13. The van der Waals surface area contributed by atoms with Gasteiger partial charge in [0.2, 0.25) is 0 Å². The summed E-state index contributed by atoms with van der Waals surface area (Å²) in [6.07, 6.45) is 1.09. The van der Waals surface area contributed by atoms with E-state index in [4.69, 9.17) is 23.2 Å². The predicted octanol–water partition coefficient (Wildman–Crippen LogP) is 1.16. The van der Waals surface area contributed by atoms with Gasteiger partial charge in [-0.05, 0) is 12.1 Å². The second kappa shape index (κ2) is 5.66. The van der Waals surface area contributed by atoms with Crippen molar-refractivity contribution in [1.82, 2.24) is 10.3 Å². The normalized spacial score (nSPS) is 11.2. The van der Waals surface area contributed by atoms with Crippen molar-refractivity contribution >= 4 is 38.9 Å². The zero-order chi connectivity index (χ0) is 13.1. The fourth-order valence-corrected chi connectivity index (χ4v) is 1.82. The molecule has 0 saturated carbocycles. The number of sulfone groups is 1. The van der Waals surface area contributed by atoms with Crippen LogP contribution in [0.25, 0.3) is 0 Å². The van der Waals surface area contributed by atoms with E-state index in [-0.39, 0.29) is 28.2 Å². The lowest BCUT2D eigenvalue weighted by atomic mass is 10.3. The maximum absolute atomic E-state index is 11.6. The molecule has 8 heteroatoms. The Bertz CT molecular complexity index is 531. The van der Waals surface area contributed by atoms with E-state index in [0.29, 0.717) is 0 Å². The van der Waals surface area contributed by atoms with E-state index in [2.05, 4.69) is 10.3 Å². The lowest BCUT2D eigenvalue weighted by Gasteiger charge is -2.05. The molecule has 1 heterocycles. The van der Waals surface area contributed by atoms with Crippen molar-refractivity contribution in [1.29, 1.82) is 0 Å². The van der Waals surface area contributed by atoms with E-state index in [9.17, 15) is 13.2 Å². The molecule has 0 unspecified atom stereocenters. The lowest BCUT2D eigenvalue weighted by molar-refractivity contribution is 0.0951. The number of amides is 1. The molecule has 0 spiro atoms. The second-order valence-corrected chi connectivity index (χ2v) is 6.40. The predicted molar refractivity (Wildman–Crippen MR) is 66.3 cm³/mol. The van der Waals surface area contributed by atoms with E-state index < -0.39 is 15.7 Å². The average molecular weight is 297 g/mol. The molecule has 0 aromatic carbocycles. The highest BCUT2D eigenvalue weighted by Crippen LogP contribution is 2.16. The van der Waals surface area contributed by atoms with Gasteiger partial charge in [-0.2, -0.15) is 0 Å². The molecule has 1 amide bonds. The number of hydrogen-bond donors (Lipinski definition) is 1. The smallest absolute Gasteiger partial charge is 0.271 e. The molecule has 17 heavy (non-hydrogen) atoms. The molecule has 5 nitrogen and oxygen atoms in total. The molecule has 0 saturated heterocycles. The highest BCUT2D eigenvalue weighted by atomic mass is 35.5. The second-order valence-electron chi connectivity index (χ2n) is 3.35. The fraction of sp³-hybridized carbons (Fsp3) is 0.333. The van der Waals surface area contributed by atoms with Gasteiger partial charge in [0.05, 0.1) is 10.8 Å². The summed E-state index contributed by atoms with van der Waals surface area (Å²) in [5.41, 5.74) is -0.0207. The van der Waals surface area contributed by atoms with Gasteiger partial charge >= 0.3 is 0 Å². The lowest BCUT2D eigenvalue weighted by Crippen LogP contribution is -2.29. The standard InChI is InChI=1S/C9H10Cl2N2O3S/c1-17(15,16)5-4-12-9(14)8-6(10)2-3-7(11)13-8/h2-3H,4-5H2,1H3,(H,12,14). The van der Waals surface area contributed by atoms with Crippen LogP contribution in [0, 0.1) is 0 Å². The van der Waals surface area contributed by atoms with Gasteiger partial charge in [0.1, 0.15) is 20.7 Å². The van der Waals surface area contributed by atoms with Crippen molar-refractivity contribution in [2.45, 2.75) is 0 Å². The SMILES string of the molecule is CS(=O)(=O)CCNC(=O)c1nc(Cl)ccc1Cl. The van der Waals surface area contributed by atoms with Gasteiger partial charge in [-0.25, -0.2) is 13.4 Å². The van der Waals surface area contributed by atoms with Crippen LogP contribution < -0.4 is 5.32 Å². The molecule has 0 aliphatic heterocycles. The van der Waals surface area contributed by atoms with Crippen molar-refractivity contribution in [2.24, 2.45) is 0 Å². The summed E-state index contributed by atoms with van der Waals surface area (Å²) in [5.74, 6) is -0.696. The molecule has 0 radical (unpaired) electrons. The molecule has 0 bridgehead atoms. The summed E-state index contributed by atoms with van der Waals surface area (Å²) in [4.78, 5) is 15.4. The quantitative estimate of drug-likeness (QED) is 0.846. The van der Waals surface area contributed by atoms with Crippen LogP contribution in [0.5, 0.6) is 0 Å². The molecule has 1 rings (SSSR count). The zero-order valence-corrected chi connectivity index (χ0v) is 11.2. The number of rotatable bonds is 4. The molecule has 1 N–H and O–H groups in total. The summed E-state index contributed by atoms with van der Waals surface area (Å²) in [6, 6.07) is 2.90. The van der Waals surface area contributed by atoms with Gasteiger partial charge in [-0.15, -0.1) is 0 Å². The van der Waals surface area contributed by atoms with Gasteiger partial charge in [0.25, 0.3) is 5.91 Å². The first-order valence-corrected chi connectivity index (χ1v) is 7.39. The minimum Gasteiger partial charge on any atom is -0.350 e. The van der Waals surface area contributed by atoms with E-state index in [1.807, 2.05) is 0 Å². The first kappa shape index (κ1) is 14.2. The van der Waals surface area contributed by atoms with E-state index in [1.54, 1.807) is 0 Å².